The first-order valence-corrected chi connectivity index (χ1v) is 5.78. The van der Waals surface area contributed by atoms with Crippen LogP contribution in [0.3, 0.4) is 0 Å². The van der Waals surface area contributed by atoms with Crippen LogP contribution in [-0.2, 0) is 0 Å². The zero-order valence-electron chi connectivity index (χ0n) is 10.2. The van der Waals surface area contributed by atoms with E-state index in [1.54, 1.807) is 0 Å². The van der Waals surface area contributed by atoms with E-state index in [4.69, 9.17) is 0 Å². The van der Waals surface area contributed by atoms with Gasteiger partial charge in [-0.2, -0.15) is 0 Å². The van der Waals surface area contributed by atoms with Gasteiger partial charge in [0.25, 0.3) is 0 Å². The van der Waals surface area contributed by atoms with Gasteiger partial charge in [-0.1, -0.05) is 41.0 Å². The zero-order chi connectivity index (χ0) is 10.4. The van der Waals surface area contributed by atoms with E-state index < -0.39 is 0 Å². The van der Waals surface area contributed by atoms with Crippen LogP contribution in [0.25, 0.3) is 0 Å². The van der Waals surface area contributed by atoms with E-state index in [9.17, 15) is 0 Å². The smallest absolute Gasteiger partial charge is 0.00900 e. The highest BCUT2D eigenvalue weighted by Gasteiger charge is 2.16. The molecule has 3 atom stereocenters. The molecule has 0 aliphatic rings. The molecule has 0 fully saturated rings. The van der Waals surface area contributed by atoms with Gasteiger partial charge in [-0.25, -0.2) is 0 Å². The first kappa shape index (κ1) is 13.0. The van der Waals surface area contributed by atoms with Crippen molar-refractivity contribution in [1.82, 2.24) is 5.32 Å². The molecule has 0 saturated carbocycles. The molecule has 0 saturated heterocycles. The maximum Gasteiger partial charge on any atom is 0.00900 e. The molecule has 0 aromatic heterocycles. The van der Waals surface area contributed by atoms with Crippen LogP contribution in [0.1, 0.15) is 54.4 Å². The SMILES string of the molecule is CCC(C)C(C)NC(CC)C(C)C. The van der Waals surface area contributed by atoms with E-state index in [0.717, 1.165) is 11.8 Å². The largest absolute Gasteiger partial charge is 0.311 e. The highest BCUT2D eigenvalue weighted by atomic mass is 15.0. The first-order chi connectivity index (χ1) is 6.02. The van der Waals surface area contributed by atoms with E-state index in [-0.39, 0.29) is 0 Å². The topological polar surface area (TPSA) is 12.0 Å². The monoisotopic (exact) mass is 185 g/mol. The van der Waals surface area contributed by atoms with Crippen molar-refractivity contribution in [3.63, 3.8) is 0 Å². The lowest BCUT2D eigenvalue weighted by atomic mass is 9.96. The van der Waals surface area contributed by atoms with E-state index in [0.29, 0.717) is 12.1 Å². The van der Waals surface area contributed by atoms with Crippen molar-refractivity contribution in [3.8, 4) is 0 Å². The van der Waals surface area contributed by atoms with Gasteiger partial charge in [0.2, 0.25) is 0 Å². The molecule has 0 rings (SSSR count). The second kappa shape index (κ2) is 6.42. The maximum atomic E-state index is 3.72. The number of rotatable bonds is 6. The predicted molar refractivity (Wildman–Crippen MR) is 61.0 cm³/mol. The summed E-state index contributed by atoms with van der Waals surface area (Å²) in [4.78, 5) is 0. The molecule has 0 aliphatic heterocycles. The van der Waals surface area contributed by atoms with Crippen LogP contribution in [0.4, 0.5) is 0 Å². The Labute approximate surface area is 84.3 Å². The van der Waals surface area contributed by atoms with Crippen LogP contribution in [0.5, 0.6) is 0 Å². The van der Waals surface area contributed by atoms with Crippen molar-refractivity contribution in [2.24, 2.45) is 11.8 Å². The standard InChI is InChI=1S/C12H27N/c1-7-10(5)11(6)13-12(8-2)9(3)4/h9-13H,7-8H2,1-6H3. The van der Waals surface area contributed by atoms with Gasteiger partial charge in [-0.15, -0.1) is 0 Å². The van der Waals surface area contributed by atoms with Crippen molar-refractivity contribution in [3.05, 3.63) is 0 Å². The zero-order valence-corrected chi connectivity index (χ0v) is 10.2. The summed E-state index contributed by atoms with van der Waals surface area (Å²) in [6.45, 7) is 13.7. The van der Waals surface area contributed by atoms with Crippen LogP contribution in [-0.4, -0.2) is 12.1 Å². The molecule has 0 spiro atoms. The molecule has 0 bridgehead atoms. The number of hydrogen-bond donors (Lipinski definition) is 1. The molecule has 3 unspecified atom stereocenters. The molecular weight excluding hydrogens is 158 g/mol. The molecule has 0 aromatic carbocycles. The Kier molecular flexibility index (Phi) is 6.40. The summed E-state index contributed by atoms with van der Waals surface area (Å²) in [5.74, 6) is 1.53. The van der Waals surface area contributed by atoms with Crippen LogP contribution in [0.15, 0.2) is 0 Å². The van der Waals surface area contributed by atoms with Gasteiger partial charge in [-0.05, 0) is 25.2 Å². The van der Waals surface area contributed by atoms with E-state index in [1.165, 1.54) is 12.8 Å². The lowest BCUT2D eigenvalue weighted by molar-refractivity contribution is 0.298. The van der Waals surface area contributed by atoms with E-state index in [2.05, 4.69) is 46.9 Å². The minimum absolute atomic E-state index is 0.650. The summed E-state index contributed by atoms with van der Waals surface area (Å²) in [5, 5.41) is 3.72. The van der Waals surface area contributed by atoms with Crippen LogP contribution >= 0.6 is 0 Å². The highest BCUT2D eigenvalue weighted by molar-refractivity contribution is 4.75. The third-order valence-electron chi connectivity index (χ3n) is 3.22. The fourth-order valence-corrected chi connectivity index (χ4v) is 1.64. The Morgan fingerprint density at radius 1 is 0.923 bits per heavy atom. The third-order valence-corrected chi connectivity index (χ3v) is 3.22. The molecule has 1 N–H and O–H groups in total. The third kappa shape index (κ3) is 4.66. The second-order valence-corrected chi connectivity index (χ2v) is 4.60. The van der Waals surface area contributed by atoms with Crippen molar-refractivity contribution >= 4 is 0 Å². The average Bonchev–Trinajstić information content (AvgIpc) is 2.11. The summed E-state index contributed by atoms with van der Waals surface area (Å²) >= 11 is 0. The fraction of sp³-hybridized carbons (Fsp3) is 1.00. The molecular formula is C12H27N. The van der Waals surface area contributed by atoms with Crippen molar-refractivity contribution < 1.29 is 0 Å². The van der Waals surface area contributed by atoms with Gasteiger partial charge >= 0.3 is 0 Å². The predicted octanol–water partition coefficient (Wildman–Crippen LogP) is 3.45. The Hall–Kier alpha value is -0.0400. The van der Waals surface area contributed by atoms with Crippen LogP contribution in [0.2, 0.25) is 0 Å². The van der Waals surface area contributed by atoms with Gasteiger partial charge in [0.1, 0.15) is 0 Å². The Bertz CT molecular complexity index is 120. The van der Waals surface area contributed by atoms with E-state index in [1.807, 2.05) is 0 Å². The molecule has 0 aliphatic carbocycles. The van der Waals surface area contributed by atoms with Gasteiger partial charge in [0.15, 0.2) is 0 Å². The fourth-order valence-electron chi connectivity index (χ4n) is 1.64. The van der Waals surface area contributed by atoms with Gasteiger partial charge < -0.3 is 5.32 Å². The first-order valence-electron chi connectivity index (χ1n) is 5.78. The summed E-state index contributed by atoms with van der Waals surface area (Å²) in [6, 6.07) is 1.33. The van der Waals surface area contributed by atoms with E-state index >= 15 is 0 Å². The Morgan fingerprint density at radius 2 is 1.46 bits per heavy atom. The minimum Gasteiger partial charge on any atom is -0.311 e. The summed E-state index contributed by atoms with van der Waals surface area (Å²) in [7, 11) is 0. The van der Waals surface area contributed by atoms with Crippen molar-refractivity contribution in [2.45, 2.75) is 66.5 Å². The molecule has 1 heteroatoms. The van der Waals surface area contributed by atoms with Gasteiger partial charge in [0.05, 0.1) is 0 Å². The van der Waals surface area contributed by atoms with Gasteiger partial charge in [0, 0.05) is 12.1 Å². The Morgan fingerprint density at radius 3 is 1.77 bits per heavy atom. The lowest BCUT2D eigenvalue weighted by Gasteiger charge is -2.28. The van der Waals surface area contributed by atoms with Gasteiger partial charge in [-0.3, -0.25) is 0 Å². The van der Waals surface area contributed by atoms with Crippen molar-refractivity contribution in [2.75, 3.05) is 0 Å². The highest BCUT2D eigenvalue weighted by Crippen LogP contribution is 2.12. The molecule has 0 heterocycles. The minimum atomic E-state index is 0.650. The quantitative estimate of drug-likeness (QED) is 0.668. The van der Waals surface area contributed by atoms with Crippen molar-refractivity contribution in [1.29, 1.82) is 0 Å². The summed E-state index contributed by atoms with van der Waals surface area (Å²) < 4.78 is 0. The molecule has 0 radical (unpaired) electrons. The van der Waals surface area contributed by atoms with Crippen LogP contribution < -0.4 is 5.32 Å². The molecule has 13 heavy (non-hydrogen) atoms. The maximum absolute atomic E-state index is 3.72. The Balaban J connectivity index is 3.93. The number of nitrogens with one attached hydrogen (secondary N) is 1. The normalized spacial score (nSPS) is 18.7. The summed E-state index contributed by atoms with van der Waals surface area (Å²) in [6.07, 6.45) is 2.50. The lowest BCUT2D eigenvalue weighted by Crippen LogP contribution is -2.42. The second-order valence-electron chi connectivity index (χ2n) is 4.60. The molecule has 1 nitrogen and oxygen atoms in total. The summed E-state index contributed by atoms with van der Waals surface area (Å²) in [5.41, 5.74) is 0. The molecule has 80 valence electrons. The average molecular weight is 185 g/mol. The molecule has 0 aromatic rings. The number of hydrogen-bond acceptors (Lipinski definition) is 1. The van der Waals surface area contributed by atoms with Crippen LogP contribution in [0, 0.1) is 11.8 Å². The molecule has 0 amide bonds.